The minimum absolute atomic E-state index is 0.137. The van der Waals surface area contributed by atoms with Gasteiger partial charge in [0.15, 0.2) is 0 Å². The van der Waals surface area contributed by atoms with Crippen molar-refractivity contribution in [2.24, 2.45) is 10.2 Å². The molecule has 0 saturated heterocycles. The van der Waals surface area contributed by atoms with Crippen LogP contribution < -0.4 is 0 Å². The summed E-state index contributed by atoms with van der Waals surface area (Å²) in [5.74, 6) is -0.137. The predicted octanol–water partition coefficient (Wildman–Crippen LogP) is 2.88. The first kappa shape index (κ1) is 10.0. The average molecular weight is 204 g/mol. The molecule has 1 aromatic carbocycles. The van der Waals surface area contributed by atoms with Crippen molar-refractivity contribution in [3.8, 4) is 0 Å². The van der Waals surface area contributed by atoms with Crippen LogP contribution in [0, 0.1) is 12.7 Å². The Bertz CT molecular complexity index is 447. The van der Waals surface area contributed by atoms with E-state index in [-0.39, 0.29) is 5.82 Å². The van der Waals surface area contributed by atoms with E-state index in [2.05, 4.69) is 10.2 Å². The Balaban J connectivity index is 2.53. The van der Waals surface area contributed by atoms with Gasteiger partial charge in [-0.05, 0) is 36.6 Å². The molecule has 0 amide bonds. The minimum atomic E-state index is -0.137. The SMILES string of the molecule is CCc1c(F)cc(C)cc1C1=NN=CC1. The average Bonchev–Trinajstić information content (AvgIpc) is 2.69. The monoisotopic (exact) mass is 204 g/mol. The molecule has 15 heavy (non-hydrogen) atoms. The third kappa shape index (κ3) is 1.82. The highest BCUT2D eigenvalue weighted by Crippen LogP contribution is 2.20. The van der Waals surface area contributed by atoms with Crippen LogP contribution in [0.5, 0.6) is 0 Å². The molecule has 1 aromatic rings. The van der Waals surface area contributed by atoms with Gasteiger partial charge in [-0.2, -0.15) is 10.2 Å². The zero-order valence-corrected chi connectivity index (χ0v) is 8.92. The van der Waals surface area contributed by atoms with E-state index in [9.17, 15) is 4.39 Å². The van der Waals surface area contributed by atoms with Gasteiger partial charge in [-0.3, -0.25) is 0 Å². The van der Waals surface area contributed by atoms with Gasteiger partial charge in [-0.25, -0.2) is 4.39 Å². The first-order valence-electron chi connectivity index (χ1n) is 5.10. The third-order valence-electron chi connectivity index (χ3n) is 2.55. The van der Waals surface area contributed by atoms with Crippen LogP contribution in [-0.4, -0.2) is 11.9 Å². The highest BCUT2D eigenvalue weighted by atomic mass is 19.1. The van der Waals surface area contributed by atoms with Gasteiger partial charge >= 0.3 is 0 Å². The van der Waals surface area contributed by atoms with Gasteiger partial charge in [0.1, 0.15) is 5.82 Å². The molecule has 0 atom stereocenters. The molecule has 2 rings (SSSR count). The summed E-state index contributed by atoms with van der Waals surface area (Å²) < 4.78 is 13.7. The summed E-state index contributed by atoms with van der Waals surface area (Å²) >= 11 is 0. The summed E-state index contributed by atoms with van der Waals surface area (Å²) in [5.41, 5.74) is 3.45. The molecule has 1 aliphatic heterocycles. The number of hydrogen-bond acceptors (Lipinski definition) is 2. The lowest BCUT2D eigenvalue weighted by Crippen LogP contribution is -2.05. The second kappa shape index (κ2) is 3.93. The Morgan fingerprint density at radius 2 is 2.20 bits per heavy atom. The maximum atomic E-state index is 13.7. The second-order valence-corrected chi connectivity index (χ2v) is 3.68. The van der Waals surface area contributed by atoms with Crippen LogP contribution in [0.2, 0.25) is 0 Å². The Hall–Kier alpha value is -1.51. The van der Waals surface area contributed by atoms with E-state index in [0.717, 1.165) is 22.4 Å². The molecule has 0 fully saturated rings. The van der Waals surface area contributed by atoms with E-state index in [4.69, 9.17) is 0 Å². The van der Waals surface area contributed by atoms with Gasteiger partial charge in [-0.1, -0.05) is 6.92 Å². The number of hydrogen-bond donors (Lipinski definition) is 0. The van der Waals surface area contributed by atoms with Crippen molar-refractivity contribution in [2.75, 3.05) is 0 Å². The zero-order chi connectivity index (χ0) is 10.8. The van der Waals surface area contributed by atoms with Crippen LogP contribution in [-0.2, 0) is 6.42 Å². The number of nitrogens with zero attached hydrogens (tertiary/aromatic N) is 2. The number of benzene rings is 1. The molecule has 0 saturated carbocycles. The topological polar surface area (TPSA) is 24.7 Å². The molecule has 2 nitrogen and oxygen atoms in total. The summed E-state index contributed by atoms with van der Waals surface area (Å²) in [4.78, 5) is 0. The Labute approximate surface area is 88.5 Å². The van der Waals surface area contributed by atoms with E-state index in [0.29, 0.717) is 12.8 Å². The molecule has 0 aliphatic carbocycles. The molecule has 0 spiro atoms. The van der Waals surface area contributed by atoms with Crippen LogP contribution in [0.1, 0.15) is 30.0 Å². The number of rotatable bonds is 2. The number of halogens is 1. The van der Waals surface area contributed by atoms with Crippen molar-refractivity contribution in [1.82, 2.24) is 0 Å². The van der Waals surface area contributed by atoms with Gasteiger partial charge < -0.3 is 0 Å². The predicted molar refractivity (Wildman–Crippen MR) is 60.2 cm³/mol. The van der Waals surface area contributed by atoms with Crippen LogP contribution in [0.4, 0.5) is 4.39 Å². The van der Waals surface area contributed by atoms with Gasteiger partial charge in [0.25, 0.3) is 0 Å². The van der Waals surface area contributed by atoms with Gasteiger partial charge in [0.05, 0.1) is 5.71 Å². The number of aryl methyl sites for hydroxylation is 1. The molecular weight excluding hydrogens is 191 g/mol. The highest BCUT2D eigenvalue weighted by molar-refractivity contribution is 6.10. The minimum Gasteiger partial charge on any atom is -0.207 e. The van der Waals surface area contributed by atoms with Crippen molar-refractivity contribution in [3.05, 3.63) is 34.6 Å². The zero-order valence-electron chi connectivity index (χ0n) is 8.92. The maximum Gasteiger partial charge on any atom is 0.127 e. The van der Waals surface area contributed by atoms with Crippen molar-refractivity contribution >= 4 is 11.9 Å². The molecule has 1 heterocycles. The fourth-order valence-corrected chi connectivity index (χ4v) is 1.83. The lowest BCUT2D eigenvalue weighted by Gasteiger charge is -2.09. The summed E-state index contributed by atoms with van der Waals surface area (Å²) in [7, 11) is 0. The molecule has 0 N–H and O–H groups in total. The first-order valence-corrected chi connectivity index (χ1v) is 5.10. The van der Waals surface area contributed by atoms with E-state index < -0.39 is 0 Å². The molecule has 0 bridgehead atoms. The smallest absolute Gasteiger partial charge is 0.127 e. The summed E-state index contributed by atoms with van der Waals surface area (Å²) in [5, 5.41) is 7.83. The quantitative estimate of drug-likeness (QED) is 0.707. The normalized spacial score (nSPS) is 14.5. The van der Waals surface area contributed by atoms with Gasteiger partial charge in [0, 0.05) is 18.2 Å². The van der Waals surface area contributed by atoms with E-state index >= 15 is 0 Å². The van der Waals surface area contributed by atoms with Crippen LogP contribution in [0.25, 0.3) is 0 Å². The third-order valence-corrected chi connectivity index (χ3v) is 2.55. The van der Waals surface area contributed by atoms with Crippen LogP contribution >= 0.6 is 0 Å². The summed E-state index contributed by atoms with van der Waals surface area (Å²) in [6.45, 7) is 3.84. The van der Waals surface area contributed by atoms with E-state index in [1.807, 2.05) is 19.9 Å². The van der Waals surface area contributed by atoms with Gasteiger partial charge in [0.2, 0.25) is 0 Å². The van der Waals surface area contributed by atoms with Crippen molar-refractivity contribution < 1.29 is 4.39 Å². The van der Waals surface area contributed by atoms with E-state index in [1.165, 1.54) is 0 Å². The Morgan fingerprint density at radius 3 is 2.80 bits per heavy atom. The molecular formula is C12H13FN2. The largest absolute Gasteiger partial charge is 0.207 e. The van der Waals surface area contributed by atoms with Crippen molar-refractivity contribution in [2.45, 2.75) is 26.7 Å². The molecule has 78 valence electrons. The lowest BCUT2D eigenvalue weighted by molar-refractivity contribution is 0.610. The molecule has 0 aromatic heterocycles. The molecule has 0 radical (unpaired) electrons. The molecule has 0 unspecified atom stereocenters. The fourth-order valence-electron chi connectivity index (χ4n) is 1.83. The van der Waals surface area contributed by atoms with Crippen LogP contribution in [0.3, 0.4) is 0 Å². The highest BCUT2D eigenvalue weighted by Gasteiger charge is 2.14. The first-order chi connectivity index (χ1) is 7.22. The molecule has 3 heteroatoms. The standard InChI is InChI=1S/C12H13FN2/c1-3-9-10(12-4-5-14-15-12)6-8(2)7-11(9)13/h5-7H,3-4H2,1-2H3. The maximum absolute atomic E-state index is 13.7. The van der Waals surface area contributed by atoms with Gasteiger partial charge in [-0.15, -0.1) is 0 Å². The molecule has 1 aliphatic rings. The van der Waals surface area contributed by atoms with Crippen LogP contribution in [0.15, 0.2) is 22.3 Å². The Morgan fingerprint density at radius 1 is 1.40 bits per heavy atom. The van der Waals surface area contributed by atoms with Crippen molar-refractivity contribution in [3.63, 3.8) is 0 Å². The summed E-state index contributed by atoms with van der Waals surface area (Å²) in [6.07, 6.45) is 3.13. The Kier molecular flexibility index (Phi) is 2.62. The summed E-state index contributed by atoms with van der Waals surface area (Å²) in [6, 6.07) is 3.55. The lowest BCUT2D eigenvalue weighted by atomic mass is 9.97. The van der Waals surface area contributed by atoms with Crippen molar-refractivity contribution in [1.29, 1.82) is 0 Å². The fraction of sp³-hybridized carbons (Fsp3) is 0.333. The van der Waals surface area contributed by atoms with E-state index in [1.54, 1.807) is 12.3 Å². The second-order valence-electron chi connectivity index (χ2n) is 3.68.